The molecule has 2 fully saturated rings. The van der Waals surface area contributed by atoms with E-state index in [9.17, 15) is 18.0 Å². The molecule has 0 radical (unpaired) electrons. The van der Waals surface area contributed by atoms with E-state index in [4.69, 9.17) is 21.1 Å². The zero-order valence-electron chi connectivity index (χ0n) is 25.0. The van der Waals surface area contributed by atoms with Crippen molar-refractivity contribution in [2.75, 3.05) is 24.6 Å². The summed E-state index contributed by atoms with van der Waals surface area (Å²) in [5.41, 5.74) is 0.518. The second-order valence-corrected chi connectivity index (χ2v) is 11.7. The van der Waals surface area contributed by atoms with E-state index in [-0.39, 0.29) is 43.0 Å². The third kappa shape index (κ3) is 9.10. The van der Waals surface area contributed by atoms with E-state index < -0.39 is 24.8 Å². The number of nitrogens with zero attached hydrogens (tertiary/aromatic N) is 4. The molecule has 7 nitrogen and oxygen atoms in total. The first-order valence-corrected chi connectivity index (χ1v) is 14.2. The minimum Gasteiger partial charge on any atom is -0.463 e. The van der Waals surface area contributed by atoms with Gasteiger partial charge in [0.05, 0.1) is 24.3 Å². The number of rotatable bonds is 5. The Hall–Kier alpha value is -2.80. The number of anilines is 1. The van der Waals surface area contributed by atoms with E-state index in [1.165, 1.54) is 0 Å². The average Bonchev–Trinajstić information content (AvgIpc) is 3.17. The molecule has 0 saturated carbocycles. The number of halogens is 4. The zero-order valence-corrected chi connectivity index (χ0v) is 25.8. The van der Waals surface area contributed by atoms with Gasteiger partial charge in [0.15, 0.2) is 0 Å². The smallest absolute Gasteiger partial charge is 0.463 e. The number of carbonyl (C=O) groups is 1. The maximum absolute atomic E-state index is 12.7. The number of hydrogen-bond acceptors (Lipinski definition) is 6. The second kappa shape index (κ2) is 14.3. The minimum atomic E-state index is -4.32. The van der Waals surface area contributed by atoms with E-state index >= 15 is 0 Å². The van der Waals surface area contributed by atoms with Crippen molar-refractivity contribution in [3.05, 3.63) is 72.6 Å². The van der Waals surface area contributed by atoms with Crippen molar-refractivity contribution in [1.29, 1.82) is 0 Å². The topological polar surface area (TPSA) is 67.8 Å². The summed E-state index contributed by atoms with van der Waals surface area (Å²) in [5.74, 6) is 0.553. The number of aromatic nitrogens is 2. The Morgan fingerprint density at radius 1 is 1.12 bits per heavy atom. The molecule has 0 aliphatic carbocycles. The molecule has 1 aromatic heterocycles. The molecule has 2 saturated heterocycles. The van der Waals surface area contributed by atoms with Gasteiger partial charge < -0.3 is 21.3 Å². The molecule has 2 aromatic carbocycles. The molecule has 2 aliphatic heterocycles. The van der Waals surface area contributed by atoms with Crippen LogP contribution in [0.25, 0.3) is 10.8 Å². The SMILES string of the molecule is Clc1cccc2ccc[c-]c12.[CH2-]Cc1c([CH2-])nc(OCCC(F)(F)F)nc1N1CC2CCC(C1)N2C(=O)OC(C)(C)C.[Li+]. The van der Waals surface area contributed by atoms with Crippen LogP contribution in [-0.2, 0) is 11.2 Å². The average molecular weight is 611 g/mol. The van der Waals surface area contributed by atoms with Crippen LogP contribution >= 0.6 is 11.6 Å². The van der Waals surface area contributed by atoms with Crippen LogP contribution in [0.3, 0.4) is 0 Å². The van der Waals surface area contributed by atoms with Gasteiger partial charge in [0, 0.05) is 13.1 Å². The van der Waals surface area contributed by atoms with Crippen LogP contribution in [0.5, 0.6) is 6.01 Å². The van der Waals surface area contributed by atoms with E-state index in [1.54, 1.807) is 4.90 Å². The third-order valence-electron chi connectivity index (χ3n) is 6.95. The Balaban J connectivity index is 0.000000352. The number of benzene rings is 2. The normalized spacial score (nSPS) is 18.0. The number of carbonyl (C=O) groups excluding carboxylic acids is 1. The van der Waals surface area contributed by atoms with Crippen molar-refractivity contribution in [3.8, 4) is 6.01 Å². The Kier molecular flexibility index (Phi) is 11.6. The van der Waals surface area contributed by atoms with Crippen molar-refractivity contribution in [1.82, 2.24) is 14.9 Å². The molecule has 2 bridgehead atoms. The van der Waals surface area contributed by atoms with Crippen LogP contribution in [0, 0.1) is 19.9 Å². The first kappa shape index (κ1) is 34.7. The molecule has 3 aromatic rings. The fraction of sp³-hybridized carbons (Fsp3) is 0.452. The number of ether oxygens (including phenoxy) is 2. The molecule has 1 amide bonds. The van der Waals surface area contributed by atoms with Crippen molar-refractivity contribution in [2.45, 2.75) is 70.3 Å². The summed E-state index contributed by atoms with van der Waals surface area (Å²) in [5, 5.41) is 2.90. The van der Waals surface area contributed by atoms with Crippen molar-refractivity contribution < 1.29 is 46.3 Å². The number of amides is 1. The van der Waals surface area contributed by atoms with Crippen LogP contribution in [0.4, 0.5) is 23.8 Å². The van der Waals surface area contributed by atoms with Crippen LogP contribution in [0.1, 0.15) is 51.3 Å². The summed E-state index contributed by atoms with van der Waals surface area (Å²) in [6.07, 6.45) is -3.67. The van der Waals surface area contributed by atoms with Gasteiger partial charge >= 0.3 is 37.1 Å². The van der Waals surface area contributed by atoms with E-state index in [0.717, 1.165) is 28.6 Å². The third-order valence-corrected chi connectivity index (χ3v) is 7.26. The fourth-order valence-corrected chi connectivity index (χ4v) is 5.38. The molecule has 2 atom stereocenters. The molecule has 5 rings (SSSR count). The van der Waals surface area contributed by atoms with Crippen LogP contribution < -0.4 is 28.5 Å². The monoisotopic (exact) mass is 610 g/mol. The first-order valence-electron chi connectivity index (χ1n) is 13.8. The quantitative estimate of drug-likeness (QED) is 0.318. The van der Waals surface area contributed by atoms with Crippen LogP contribution in [0.15, 0.2) is 36.4 Å². The molecule has 228 valence electrons. The Labute approximate surface area is 268 Å². The van der Waals surface area contributed by atoms with E-state index in [1.807, 2.05) is 62.1 Å². The number of alkyl halides is 3. The number of hydrogen-bond donors (Lipinski definition) is 0. The molecule has 2 unspecified atom stereocenters. The van der Waals surface area contributed by atoms with Crippen molar-refractivity contribution in [3.63, 3.8) is 0 Å². The molecule has 0 N–H and O–H groups in total. The molecule has 2 aliphatic rings. The van der Waals surface area contributed by atoms with Gasteiger partial charge in [0.1, 0.15) is 12.2 Å². The first-order chi connectivity index (χ1) is 19.8. The molecular formula is C31H35ClF3LiN4O3-2. The van der Waals surface area contributed by atoms with E-state index in [2.05, 4.69) is 29.9 Å². The Morgan fingerprint density at radius 2 is 1.77 bits per heavy atom. The largest absolute Gasteiger partial charge is 1.00 e. The van der Waals surface area contributed by atoms with E-state index in [0.29, 0.717) is 36.6 Å². The van der Waals surface area contributed by atoms with Gasteiger partial charge in [-0.3, -0.25) is 4.90 Å². The van der Waals surface area contributed by atoms with Crippen LogP contribution in [-0.4, -0.2) is 64.5 Å². The Morgan fingerprint density at radius 3 is 2.35 bits per heavy atom. The van der Waals surface area contributed by atoms with Gasteiger partial charge in [0.2, 0.25) is 0 Å². The molecule has 12 heteroatoms. The predicted octanol–water partition coefficient (Wildman–Crippen LogP) is 4.25. The van der Waals surface area contributed by atoms with Crippen molar-refractivity contribution >= 4 is 34.3 Å². The molecular weight excluding hydrogens is 576 g/mol. The minimum absolute atomic E-state index is 0. The summed E-state index contributed by atoms with van der Waals surface area (Å²) < 4.78 is 48.0. The second-order valence-electron chi connectivity index (χ2n) is 11.3. The predicted molar refractivity (Wildman–Crippen MR) is 157 cm³/mol. The van der Waals surface area contributed by atoms with Crippen molar-refractivity contribution in [2.24, 2.45) is 0 Å². The van der Waals surface area contributed by atoms with Gasteiger partial charge in [0.25, 0.3) is 0 Å². The maximum atomic E-state index is 12.7. The number of piperazine rings is 1. The summed E-state index contributed by atoms with van der Waals surface area (Å²) in [4.78, 5) is 25.0. The zero-order chi connectivity index (χ0) is 30.7. The molecule has 3 heterocycles. The summed E-state index contributed by atoms with van der Waals surface area (Å²) in [7, 11) is 0. The number of fused-ring (bicyclic) bond motifs is 3. The van der Waals surface area contributed by atoms with Gasteiger partial charge in [-0.15, -0.1) is 46.6 Å². The van der Waals surface area contributed by atoms with Gasteiger partial charge in [-0.05, 0) is 38.6 Å². The van der Waals surface area contributed by atoms with Gasteiger partial charge in [-0.25, -0.2) is 23.1 Å². The molecule has 43 heavy (non-hydrogen) atoms. The Bertz CT molecular complexity index is 1380. The van der Waals surface area contributed by atoms with Gasteiger partial charge in [-0.2, -0.15) is 23.7 Å². The summed E-state index contributed by atoms with van der Waals surface area (Å²) >= 11 is 5.93. The maximum Gasteiger partial charge on any atom is 1.00 e. The summed E-state index contributed by atoms with van der Waals surface area (Å²) in [6, 6.07) is 14.6. The van der Waals surface area contributed by atoms with Gasteiger partial charge in [-0.1, -0.05) is 23.9 Å². The standard InChI is InChI=1S/C21H29F3N4O3.C10H6Cl.Li/c1-6-16-13(2)25-18(30-10-9-21(22,23)24)26-17(16)27-11-14-7-8-15(12-27)28(14)19(29)31-20(3,4)5;11-10-7-3-5-8-4-1-2-6-9(8)10;/h14-15H,1-2,6-12H2,3-5H3;1-5,7H;/q-2;-1;+1. The van der Waals surface area contributed by atoms with Crippen LogP contribution in [0.2, 0.25) is 5.02 Å². The molecule has 0 spiro atoms. The summed E-state index contributed by atoms with van der Waals surface area (Å²) in [6.45, 7) is 13.8. The fourth-order valence-electron chi connectivity index (χ4n) is 5.14.